The topological polar surface area (TPSA) is 98.3 Å². The number of carbonyl (C=O) groups is 2. The van der Waals surface area contributed by atoms with Crippen molar-refractivity contribution in [2.24, 2.45) is 0 Å². The van der Waals surface area contributed by atoms with E-state index in [-0.39, 0.29) is 18.9 Å². The van der Waals surface area contributed by atoms with E-state index in [4.69, 9.17) is 16.3 Å². The second kappa shape index (κ2) is 8.94. The van der Waals surface area contributed by atoms with Gasteiger partial charge in [0.05, 0.1) is 23.0 Å². The smallest absolute Gasteiger partial charge is 0.328 e. The standard InChI is InChI=1S/C30H30ClFN4O4/c1-28-17-35(16-18-3-5-23(31)22(13-18)29(39)8-2-9-29)12-10-30(28,40-28)21-4-6-24-20(26(21)32)14-19(15-33-24)36-11-7-25(37)34-27(36)38/h3-6,13-15,39H,2,7-12,16-17H2,1H3,(H,34,37,38). The second-order valence-corrected chi connectivity index (χ2v) is 12.2. The lowest BCUT2D eigenvalue weighted by Gasteiger charge is -2.38. The fraction of sp³-hybridized carbons (Fsp3) is 0.433. The normalized spacial score (nSPS) is 27.8. The van der Waals surface area contributed by atoms with E-state index in [1.54, 1.807) is 18.2 Å². The maximum Gasteiger partial charge on any atom is 0.328 e. The van der Waals surface area contributed by atoms with Crippen LogP contribution >= 0.6 is 11.6 Å². The molecule has 0 bridgehead atoms. The lowest BCUT2D eigenvalue weighted by Crippen LogP contribution is -2.49. The quantitative estimate of drug-likeness (QED) is 0.435. The second-order valence-electron chi connectivity index (χ2n) is 11.8. The number of rotatable bonds is 5. The van der Waals surface area contributed by atoms with Crippen LogP contribution in [0.25, 0.3) is 10.9 Å². The van der Waals surface area contributed by atoms with Crippen molar-refractivity contribution in [1.82, 2.24) is 15.2 Å². The number of aliphatic hydroxyl groups is 1. The molecule has 3 saturated heterocycles. The first-order chi connectivity index (χ1) is 19.1. The number of pyridine rings is 1. The van der Waals surface area contributed by atoms with E-state index in [1.807, 2.05) is 25.1 Å². The summed E-state index contributed by atoms with van der Waals surface area (Å²) in [6, 6.07) is 10.5. The predicted molar refractivity (Wildman–Crippen MR) is 147 cm³/mol. The molecule has 0 spiro atoms. The molecule has 2 aromatic carbocycles. The molecule has 3 aromatic rings. The average Bonchev–Trinajstić information content (AvgIpc) is 3.54. The number of piperidine rings is 1. The molecule has 3 amide bonds. The van der Waals surface area contributed by atoms with Crippen LogP contribution in [0.5, 0.6) is 0 Å². The minimum atomic E-state index is -0.826. The number of imide groups is 1. The van der Waals surface area contributed by atoms with Gasteiger partial charge >= 0.3 is 6.03 Å². The number of anilines is 1. The van der Waals surface area contributed by atoms with E-state index in [9.17, 15) is 14.7 Å². The number of halogens is 2. The molecule has 4 fully saturated rings. The molecule has 1 aromatic heterocycles. The number of amides is 3. The Morgan fingerprint density at radius 3 is 2.67 bits per heavy atom. The molecule has 0 radical (unpaired) electrons. The minimum absolute atomic E-state index is 0.177. The molecule has 7 rings (SSSR count). The highest BCUT2D eigenvalue weighted by molar-refractivity contribution is 6.31. The highest BCUT2D eigenvalue weighted by Crippen LogP contribution is 2.61. The number of ether oxygens (including phenoxy) is 1. The van der Waals surface area contributed by atoms with Gasteiger partial charge in [-0.3, -0.25) is 24.9 Å². The van der Waals surface area contributed by atoms with Gasteiger partial charge < -0.3 is 9.84 Å². The molecular weight excluding hydrogens is 535 g/mol. The molecule has 2 N–H and O–H groups in total. The van der Waals surface area contributed by atoms with E-state index in [0.717, 1.165) is 36.9 Å². The van der Waals surface area contributed by atoms with E-state index in [1.165, 1.54) is 11.1 Å². The van der Waals surface area contributed by atoms with Crippen molar-refractivity contribution in [1.29, 1.82) is 0 Å². The molecule has 2 atom stereocenters. The summed E-state index contributed by atoms with van der Waals surface area (Å²) in [4.78, 5) is 32.0. The van der Waals surface area contributed by atoms with Crippen LogP contribution < -0.4 is 10.2 Å². The van der Waals surface area contributed by atoms with Gasteiger partial charge in [0.15, 0.2) is 0 Å². The molecular formula is C30H30ClFN4O4. The lowest BCUT2D eigenvalue weighted by atomic mass is 9.75. The Balaban J connectivity index is 1.13. The average molecular weight is 565 g/mol. The van der Waals surface area contributed by atoms with Gasteiger partial charge in [-0.2, -0.15) is 0 Å². The summed E-state index contributed by atoms with van der Waals surface area (Å²) in [6.07, 6.45) is 4.78. The lowest BCUT2D eigenvalue weighted by molar-refractivity contribution is -0.120. The van der Waals surface area contributed by atoms with Crippen LogP contribution in [-0.2, 0) is 27.3 Å². The molecule has 40 heavy (non-hydrogen) atoms. The molecule has 1 aliphatic carbocycles. The monoisotopic (exact) mass is 564 g/mol. The third kappa shape index (κ3) is 3.94. The van der Waals surface area contributed by atoms with Crippen LogP contribution in [0.3, 0.4) is 0 Å². The number of likely N-dealkylation sites (tertiary alicyclic amines) is 1. The molecule has 2 unspecified atom stereocenters. The summed E-state index contributed by atoms with van der Waals surface area (Å²) >= 11 is 6.43. The van der Waals surface area contributed by atoms with Crippen LogP contribution in [-0.4, -0.2) is 52.2 Å². The molecule has 208 valence electrons. The Bertz CT molecular complexity index is 1580. The van der Waals surface area contributed by atoms with E-state index >= 15 is 4.39 Å². The SMILES string of the molecule is CC12CN(Cc3ccc(Cl)c(C4(O)CCC4)c3)CCC1(c1ccc3ncc(N4CCC(=O)NC4=O)cc3c1F)O2. The van der Waals surface area contributed by atoms with Gasteiger partial charge in [0.1, 0.15) is 17.0 Å². The zero-order valence-corrected chi connectivity index (χ0v) is 22.9. The van der Waals surface area contributed by atoms with Gasteiger partial charge in [-0.15, -0.1) is 0 Å². The number of carbonyl (C=O) groups excluding carboxylic acids is 2. The van der Waals surface area contributed by atoms with Crippen molar-refractivity contribution in [3.05, 3.63) is 70.1 Å². The fourth-order valence-corrected chi connectivity index (χ4v) is 7.05. The highest BCUT2D eigenvalue weighted by Gasteiger charge is 2.70. The summed E-state index contributed by atoms with van der Waals surface area (Å²) in [5.41, 5.74) is 1.19. The first-order valence-electron chi connectivity index (χ1n) is 13.7. The number of nitrogens with one attached hydrogen (secondary N) is 1. The number of fused-ring (bicyclic) bond motifs is 2. The number of hydrogen-bond donors (Lipinski definition) is 2. The van der Waals surface area contributed by atoms with Gasteiger partial charge in [-0.1, -0.05) is 29.8 Å². The number of nitrogens with zero attached hydrogens (tertiary/aromatic N) is 3. The van der Waals surface area contributed by atoms with E-state index < -0.39 is 28.7 Å². The predicted octanol–water partition coefficient (Wildman–Crippen LogP) is 4.74. The van der Waals surface area contributed by atoms with Gasteiger partial charge in [-0.25, -0.2) is 9.18 Å². The van der Waals surface area contributed by atoms with Crippen LogP contribution in [0.4, 0.5) is 14.9 Å². The Morgan fingerprint density at radius 1 is 1.12 bits per heavy atom. The summed E-state index contributed by atoms with van der Waals surface area (Å²) in [6.45, 7) is 4.27. The summed E-state index contributed by atoms with van der Waals surface area (Å²) in [5.74, 6) is -0.722. The highest BCUT2D eigenvalue weighted by atomic mass is 35.5. The molecule has 1 saturated carbocycles. The first-order valence-corrected chi connectivity index (χ1v) is 14.1. The van der Waals surface area contributed by atoms with E-state index in [0.29, 0.717) is 46.7 Å². The van der Waals surface area contributed by atoms with Crippen molar-refractivity contribution in [2.75, 3.05) is 24.5 Å². The molecule has 8 nitrogen and oxygen atoms in total. The van der Waals surface area contributed by atoms with Crippen LogP contribution in [0.1, 0.15) is 55.7 Å². The maximum absolute atomic E-state index is 16.1. The summed E-state index contributed by atoms with van der Waals surface area (Å²) in [5, 5.41) is 14.1. The molecule has 3 aliphatic heterocycles. The number of aromatic nitrogens is 1. The van der Waals surface area contributed by atoms with Crippen molar-refractivity contribution in [3.8, 4) is 0 Å². The molecule has 4 heterocycles. The Hall–Kier alpha value is -3.11. The number of epoxide rings is 1. The van der Waals surface area contributed by atoms with Crippen molar-refractivity contribution in [2.45, 2.75) is 62.4 Å². The largest absolute Gasteiger partial charge is 0.385 e. The van der Waals surface area contributed by atoms with Gasteiger partial charge in [0.25, 0.3) is 0 Å². The third-order valence-corrected chi connectivity index (χ3v) is 9.55. The zero-order valence-electron chi connectivity index (χ0n) is 22.2. The van der Waals surface area contributed by atoms with Crippen molar-refractivity contribution >= 4 is 40.1 Å². The first kappa shape index (κ1) is 25.8. The van der Waals surface area contributed by atoms with Crippen molar-refractivity contribution in [3.63, 3.8) is 0 Å². The molecule has 10 heteroatoms. The van der Waals surface area contributed by atoms with Gasteiger partial charge in [0, 0.05) is 54.1 Å². The van der Waals surface area contributed by atoms with Gasteiger partial charge in [0.2, 0.25) is 5.91 Å². The van der Waals surface area contributed by atoms with Crippen LogP contribution in [0.15, 0.2) is 42.6 Å². The number of hydrogen-bond acceptors (Lipinski definition) is 6. The summed E-state index contributed by atoms with van der Waals surface area (Å²) < 4.78 is 22.5. The zero-order chi connectivity index (χ0) is 27.9. The number of benzene rings is 2. The fourth-order valence-electron chi connectivity index (χ4n) is 6.76. The van der Waals surface area contributed by atoms with E-state index in [2.05, 4.69) is 15.2 Å². The third-order valence-electron chi connectivity index (χ3n) is 9.22. The van der Waals surface area contributed by atoms with Crippen LogP contribution in [0, 0.1) is 5.82 Å². The van der Waals surface area contributed by atoms with Crippen LogP contribution in [0.2, 0.25) is 5.02 Å². The Labute approximate surface area is 236 Å². The number of urea groups is 1. The van der Waals surface area contributed by atoms with Gasteiger partial charge in [-0.05, 0) is 56.4 Å². The minimum Gasteiger partial charge on any atom is -0.385 e. The Kier molecular flexibility index (Phi) is 5.78. The molecule has 4 aliphatic rings. The summed E-state index contributed by atoms with van der Waals surface area (Å²) in [7, 11) is 0. The van der Waals surface area contributed by atoms with Crippen molar-refractivity contribution < 1.29 is 23.8 Å². The Morgan fingerprint density at radius 2 is 1.95 bits per heavy atom. The maximum atomic E-state index is 16.1.